The number of carbonyl (C=O) groups excluding carboxylic acids is 1. The van der Waals surface area contributed by atoms with E-state index in [1.54, 1.807) is 41.2 Å². The molecule has 184 valence electrons. The molecule has 0 atom stereocenters. The quantitative estimate of drug-likeness (QED) is 0.166. The highest BCUT2D eigenvalue weighted by Gasteiger charge is 2.17. The Kier molecular flexibility index (Phi) is 6.34. The number of fused-ring (bicyclic) bond motifs is 1. The average molecular weight is 494 g/mol. The van der Waals surface area contributed by atoms with Crippen molar-refractivity contribution in [1.29, 1.82) is 0 Å². The monoisotopic (exact) mass is 493 g/mol. The van der Waals surface area contributed by atoms with Crippen LogP contribution in [0, 0.1) is 17.0 Å². The summed E-state index contributed by atoms with van der Waals surface area (Å²) >= 11 is 0. The number of carbonyl (C=O) groups is 1. The SMILES string of the molecule is CCc1ccc(-n2nc3cc(C)c(NC(=O)/C=C/c4ccc(-c5ccccc5[N+](=O)[O-])o4)cc3n2)cc1. The topological polar surface area (TPSA) is 116 Å². The average Bonchev–Trinajstić information content (AvgIpc) is 3.55. The summed E-state index contributed by atoms with van der Waals surface area (Å²) in [4.78, 5) is 25.0. The second-order valence-electron chi connectivity index (χ2n) is 8.46. The molecule has 0 spiro atoms. The van der Waals surface area contributed by atoms with Gasteiger partial charge in [0, 0.05) is 17.8 Å². The fourth-order valence-corrected chi connectivity index (χ4v) is 3.94. The molecule has 5 rings (SSSR count). The van der Waals surface area contributed by atoms with Crippen LogP contribution in [0.2, 0.25) is 0 Å². The van der Waals surface area contributed by atoms with E-state index in [2.05, 4.69) is 34.6 Å². The number of hydrogen-bond donors (Lipinski definition) is 1. The first kappa shape index (κ1) is 23.7. The number of para-hydroxylation sites is 1. The predicted octanol–water partition coefficient (Wildman–Crippen LogP) is 6.11. The number of aromatic nitrogens is 3. The van der Waals surface area contributed by atoms with Crippen LogP contribution in [0.4, 0.5) is 11.4 Å². The van der Waals surface area contributed by atoms with Crippen LogP contribution in [0.15, 0.2) is 83.3 Å². The molecule has 2 heterocycles. The zero-order valence-corrected chi connectivity index (χ0v) is 20.2. The Morgan fingerprint density at radius 3 is 2.51 bits per heavy atom. The molecule has 37 heavy (non-hydrogen) atoms. The normalized spacial score (nSPS) is 11.3. The molecule has 9 heteroatoms. The third-order valence-electron chi connectivity index (χ3n) is 5.95. The van der Waals surface area contributed by atoms with Crippen molar-refractivity contribution in [3.8, 4) is 17.0 Å². The van der Waals surface area contributed by atoms with Crippen molar-refractivity contribution >= 4 is 34.4 Å². The summed E-state index contributed by atoms with van der Waals surface area (Å²) < 4.78 is 5.71. The number of benzene rings is 3. The number of nitro benzene ring substituents is 1. The van der Waals surface area contributed by atoms with Gasteiger partial charge in [0.1, 0.15) is 22.6 Å². The molecule has 0 unspecified atom stereocenters. The molecule has 1 N–H and O–H groups in total. The molecule has 3 aromatic carbocycles. The first-order valence-corrected chi connectivity index (χ1v) is 11.7. The fourth-order valence-electron chi connectivity index (χ4n) is 3.94. The molecule has 2 aromatic heterocycles. The number of nitrogens with one attached hydrogen (secondary N) is 1. The number of furan rings is 1. The van der Waals surface area contributed by atoms with Gasteiger partial charge in [0.15, 0.2) is 0 Å². The minimum absolute atomic E-state index is 0.0501. The van der Waals surface area contributed by atoms with Gasteiger partial charge in [-0.25, -0.2) is 0 Å². The maximum Gasteiger partial charge on any atom is 0.280 e. The lowest BCUT2D eigenvalue weighted by atomic mass is 10.1. The van der Waals surface area contributed by atoms with Gasteiger partial charge in [-0.3, -0.25) is 14.9 Å². The van der Waals surface area contributed by atoms with Crippen molar-refractivity contribution in [2.45, 2.75) is 20.3 Å². The first-order chi connectivity index (χ1) is 17.9. The maximum atomic E-state index is 12.6. The lowest BCUT2D eigenvalue weighted by molar-refractivity contribution is -0.384. The van der Waals surface area contributed by atoms with E-state index >= 15 is 0 Å². The molecule has 0 aliphatic heterocycles. The van der Waals surface area contributed by atoms with Crippen LogP contribution < -0.4 is 5.32 Å². The van der Waals surface area contributed by atoms with Gasteiger partial charge in [0.2, 0.25) is 5.91 Å². The lowest BCUT2D eigenvalue weighted by Gasteiger charge is -2.05. The fraction of sp³-hybridized carbons (Fsp3) is 0.107. The van der Waals surface area contributed by atoms with E-state index < -0.39 is 4.92 Å². The van der Waals surface area contributed by atoms with E-state index in [0.29, 0.717) is 28.3 Å². The van der Waals surface area contributed by atoms with Crippen molar-refractivity contribution in [3.63, 3.8) is 0 Å². The summed E-state index contributed by atoms with van der Waals surface area (Å²) in [6.07, 6.45) is 3.82. The van der Waals surface area contributed by atoms with Gasteiger partial charge >= 0.3 is 0 Å². The number of nitrogens with zero attached hydrogens (tertiary/aromatic N) is 4. The van der Waals surface area contributed by atoms with Crippen LogP contribution in [-0.4, -0.2) is 25.8 Å². The smallest absolute Gasteiger partial charge is 0.280 e. The van der Waals surface area contributed by atoms with E-state index in [9.17, 15) is 14.9 Å². The van der Waals surface area contributed by atoms with Gasteiger partial charge in [-0.15, -0.1) is 10.2 Å². The van der Waals surface area contributed by atoms with Crippen molar-refractivity contribution in [2.75, 3.05) is 5.32 Å². The van der Waals surface area contributed by atoms with Gasteiger partial charge in [-0.05, 0) is 73.0 Å². The van der Waals surface area contributed by atoms with E-state index in [-0.39, 0.29) is 11.6 Å². The number of rotatable bonds is 7. The molecular weight excluding hydrogens is 470 g/mol. The molecule has 5 aromatic rings. The van der Waals surface area contributed by atoms with Crippen LogP contribution in [0.25, 0.3) is 34.1 Å². The van der Waals surface area contributed by atoms with Gasteiger partial charge in [0.05, 0.1) is 16.2 Å². The van der Waals surface area contributed by atoms with Crippen molar-refractivity contribution < 1.29 is 14.1 Å². The number of hydrogen-bond acceptors (Lipinski definition) is 6. The van der Waals surface area contributed by atoms with Crippen molar-refractivity contribution in [3.05, 3.63) is 106 Å². The second-order valence-corrected chi connectivity index (χ2v) is 8.46. The summed E-state index contributed by atoms with van der Waals surface area (Å²) in [6, 6.07) is 21.4. The highest BCUT2D eigenvalue weighted by atomic mass is 16.6. The molecular formula is C28H23N5O4. The van der Waals surface area contributed by atoms with Gasteiger partial charge in [0.25, 0.3) is 5.69 Å². The van der Waals surface area contributed by atoms with Crippen LogP contribution in [0.3, 0.4) is 0 Å². The largest absolute Gasteiger partial charge is 0.456 e. The third-order valence-corrected chi connectivity index (χ3v) is 5.95. The number of aryl methyl sites for hydroxylation is 2. The van der Waals surface area contributed by atoms with Crippen LogP contribution in [0.5, 0.6) is 0 Å². The minimum Gasteiger partial charge on any atom is -0.456 e. The van der Waals surface area contributed by atoms with Crippen molar-refractivity contribution in [1.82, 2.24) is 15.0 Å². The van der Waals surface area contributed by atoms with Gasteiger partial charge in [-0.2, -0.15) is 4.80 Å². The molecule has 9 nitrogen and oxygen atoms in total. The van der Waals surface area contributed by atoms with Crippen LogP contribution in [0.1, 0.15) is 23.8 Å². The second kappa shape index (κ2) is 9.90. The molecule has 0 fully saturated rings. The molecule has 0 bridgehead atoms. The van der Waals surface area contributed by atoms with Gasteiger partial charge < -0.3 is 9.73 Å². The lowest BCUT2D eigenvalue weighted by Crippen LogP contribution is -2.08. The van der Waals surface area contributed by atoms with E-state index in [4.69, 9.17) is 4.42 Å². The molecule has 0 aliphatic carbocycles. The molecule has 0 saturated heterocycles. The molecule has 0 saturated carbocycles. The van der Waals surface area contributed by atoms with Gasteiger partial charge in [-0.1, -0.05) is 31.2 Å². The van der Waals surface area contributed by atoms with Crippen LogP contribution >= 0.6 is 0 Å². The Balaban J connectivity index is 1.31. The number of anilines is 1. The Morgan fingerprint density at radius 1 is 1.05 bits per heavy atom. The van der Waals surface area contributed by atoms with E-state index in [0.717, 1.165) is 23.2 Å². The molecule has 1 amide bonds. The van der Waals surface area contributed by atoms with E-state index in [1.807, 2.05) is 25.1 Å². The predicted molar refractivity (Wildman–Crippen MR) is 141 cm³/mol. The summed E-state index contributed by atoms with van der Waals surface area (Å²) in [5.41, 5.74) is 5.27. The third kappa shape index (κ3) is 5.01. The molecule has 0 radical (unpaired) electrons. The summed E-state index contributed by atoms with van der Waals surface area (Å²) in [5, 5.41) is 23.3. The highest BCUT2D eigenvalue weighted by molar-refractivity contribution is 6.03. The summed E-state index contributed by atoms with van der Waals surface area (Å²) in [6.45, 7) is 3.99. The Hall–Kier alpha value is -5.05. The summed E-state index contributed by atoms with van der Waals surface area (Å²) in [7, 11) is 0. The zero-order valence-electron chi connectivity index (χ0n) is 20.2. The minimum atomic E-state index is -0.458. The maximum absolute atomic E-state index is 12.6. The Labute approximate surface area is 212 Å². The molecule has 0 aliphatic rings. The Bertz CT molecular complexity index is 1650. The van der Waals surface area contributed by atoms with Crippen LogP contribution in [-0.2, 0) is 11.2 Å². The number of nitro groups is 1. The summed E-state index contributed by atoms with van der Waals surface area (Å²) in [5.74, 6) is 0.391. The van der Waals surface area contributed by atoms with E-state index in [1.165, 1.54) is 23.8 Å². The Morgan fingerprint density at radius 2 is 1.78 bits per heavy atom. The standard InChI is InChI=1S/C28H23N5O4/c1-3-19-8-10-20(11-9-19)32-30-24-16-18(2)23(17-25(24)31-32)29-28(34)15-13-21-12-14-27(37-21)22-6-4-5-7-26(22)33(35)36/h4-17H,3H2,1-2H3,(H,29,34)/b15-13+. The van der Waals surface area contributed by atoms with Crippen molar-refractivity contribution in [2.24, 2.45) is 0 Å². The zero-order chi connectivity index (χ0) is 25.9. The highest BCUT2D eigenvalue weighted by Crippen LogP contribution is 2.31. The number of amides is 1. The first-order valence-electron chi connectivity index (χ1n) is 11.7.